The predicted molar refractivity (Wildman–Crippen MR) is 134 cm³/mol. The smallest absolute Gasteiger partial charge is 0.303 e. The maximum atomic E-state index is 14.7. The number of rotatable bonds is 8. The number of likely N-dealkylation sites (tertiary alicyclic amines) is 1. The molecule has 1 saturated heterocycles. The van der Waals surface area contributed by atoms with E-state index in [1.807, 2.05) is 16.8 Å². The summed E-state index contributed by atoms with van der Waals surface area (Å²) in [6, 6.07) is 7.16. The maximum absolute atomic E-state index is 14.7. The summed E-state index contributed by atoms with van der Waals surface area (Å²) in [5.41, 5.74) is 1.79. The third kappa shape index (κ3) is 6.37. The highest BCUT2D eigenvalue weighted by Gasteiger charge is 2.31. The molecule has 0 bridgehead atoms. The van der Waals surface area contributed by atoms with Gasteiger partial charge in [-0.1, -0.05) is 11.8 Å². The van der Waals surface area contributed by atoms with Crippen molar-refractivity contribution in [3.63, 3.8) is 0 Å². The Balaban J connectivity index is 1.42. The first-order chi connectivity index (χ1) is 16.9. The van der Waals surface area contributed by atoms with E-state index in [0.717, 1.165) is 24.7 Å². The van der Waals surface area contributed by atoms with Crippen LogP contribution in [0.5, 0.6) is 5.75 Å². The predicted octanol–water partition coefficient (Wildman–Crippen LogP) is 4.72. The quantitative estimate of drug-likeness (QED) is 0.439. The number of hydrogen-bond acceptors (Lipinski definition) is 6. The number of carboxylic acid groups (broad SMARTS) is 1. The Morgan fingerprint density at radius 3 is 2.97 bits per heavy atom. The van der Waals surface area contributed by atoms with Crippen molar-refractivity contribution in [3.05, 3.63) is 58.2 Å². The number of ether oxygens (including phenoxy) is 1. The topological polar surface area (TPSA) is 82.9 Å². The first-order valence-electron chi connectivity index (χ1n) is 11.7. The summed E-state index contributed by atoms with van der Waals surface area (Å²) in [4.78, 5) is 17.9. The van der Waals surface area contributed by atoms with E-state index in [1.165, 1.54) is 7.11 Å². The third-order valence-corrected chi connectivity index (χ3v) is 7.36. The van der Waals surface area contributed by atoms with Gasteiger partial charge in [0, 0.05) is 34.9 Å². The number of halogens is 1. The Hall–Kier alpha value is -2.99. The molecular weight excluding hydrogens is 467 g/mol. The number of hydrogen-bond donors (Lipinski definition) is 2. The average molecular weight is 497 g/mol. The van der Waals surface area contributed by atoms with E-state index < -0.39 is 17.9 Å². The molecule has 1 aliphatic rings. The van der Waals surface area contributed by atoms with E-state index in [4.69, 9.17) is 4.74 Å². The molecule has 0 amide bonds. The molecule has 0 aliphatic carbocycles. The van der Waals surface area contributed by atoms with Crippen LogP contribution in [-0.4, -0.2) is 52.8 Å². The molecule has 184 valence electrons. The zero-order valence-corrected chi connectivity index (χ0v) is 20.4. The van der Waals surface area contributed by atoms with Crippen molar-refractivity contribution >= 4 is 28.2 Å². The highest BCUT2D eigenvalue weighted by Crippen LogP contribution is 2.35. The molecule has 4 rings (SSSR count). The SMILES string of the molecule is COc1ccc2ncc(F)c(C(O)CCC3CCN(CC#Cc4ccsc4)CC3CC(=O)O)c2c1. The van der Waals surface area contributed by atoms with Crippen molar-refractivity contribution in [1.82, 2.24) is 9.88 Å². The molecule has 0 radical (unpaired) electrons. The van der Waals surface area contributed by atoms with Gasteiger partial charge in [-0.15, -0.1) is 0 Å². The largest absolute Gasteiger partial charge is 0.497 e. The zero-order chi connectivity index (χ0) is 24.8. The molecule has 1 aliphatic heterocycles. The number of aliphatic carboxylic acids is 1. The molecule has 3 unspecified atom stereocenters. The van der Waals surface area contributed by atoms with Crippen molar-refractivity contribution in [2.45, 2.75) is 31.8 Å². The van der Waals surface area contributed by atoms with Gasteiger partial charge in [-0.25, -0.2) is 4.39 Å². The van der Waals surface area contributed by atoms with Crippen LogP contribution in [0.3, 0.4) is 0 Å². The van der Waals surface area contributed by atoms with Crippen LogP contribution in [0.15, 0.2) is 41.2 Å². The van der Waals surface area contributed by atoms with Crippen LogP contribution in [-0.2, 0) is 4.79 Å². The van der Waals surface area contributed by atoms with Crippen molar-refractivity contribution in [2.24, 2.45) is 11.8 Å². The molecule has 1 aromatic carbocycles. The molecule has 2 aromatic heterocycles. The van der Waals surface area contributed by atoms with Gasteiger partial charge in [-0.05, 0) is 67.3 Å². The van der Waals surface area contributed by atoms with E-state index >= 15 is 0 Å². The maximum Gasteiger partial charge on any atom is 0.303 e. The number of benzene rings is 1. The molecule has 0 saturated carbocycles. The van der Waals surface area contributed by atoms with Gasteiger partial charge in [0.05, 0.1) is 31.5 Å². The Morgan fingerprint density at radius 1 is 1.37 bits per heavy atom. The Labute approximate surface area is 208 Å². The second kappa shape index (κ2) is 11.6. The molecule has 1 fully saturated rings. The van der Waals surface area contributed by atoms with Crippen molar-refractivity contribution in [1.29, 1.82) is 0 Å². The number of thiophene rings is 1. The first kappa shape index (κ1) is 25.1. The van der Waals surface area contributed by atoms with Gasteiger partial charge in [0.15, 0.2) is 0 Å². The Morgan fingerprint density at radius 2 is 2.23 bits per heavy atom. The zero-order valence-electron chi connectivity index (χ0n) is 19.6. The van der Waals surface area contributed by atoms with Crippen LogP contribution in [0, 0.1) is 29.5 Å². The lowest BCUT2D eigenvalue weighted by atomic mass is 9.79. The fourth-order valence-electron chi connectivity index (χ4n) is 4.87. The van der Waals surface area contributed by atoms with Gasteiger partial charge >= 0.3 is 5.97 Å². The summed E-state index contributed by atoms with van der Waals surface area (Å²) in [6.45, 7) is 2.06. The van der Waals surface area contributed by atoms with Crippen LogP contribution in [0.25, 0.3) is 10.9 Å². The highest BCUT2D eigenvalue weighted by molar-refractivity contribution is 7.08. The highest BCUT2D eigenvalue weighted by atomic mass is 32.1. The molecule has 0 spiro atoms. The van der Waals surface area contributed by atoms with E-state index in [-0.39, 0.29) is 23.8 Å². The Bertz CT molecular complexity index is 1220. The number of nitrogens with zero attached hydrogens (tertiary/aromatic N) is 2. The van der Waals surface area contributed by atoms with Gasteiger partial charge in [0.1, 0.15) is 11.6 Å². The number of fused-ring (bicyclic) bond motifs is 1. The molecule has 3 atom stereocenters. The first-order valence-corrected chi connectivity index (χ1v) is 12.6. The normalized spacial score (nSPS) is 19.2. The molecule has 35 heavy (non-hydrogen) atoms. The fourth-order valence-corrected chi connectivity index (χ4v) is 5.46. The van der Waals surface area contributed by atoms with Crippen LogP contribution < -0.4 is 4.74 Å². The number of piperidine rings is 1. The van der Waals surface area contributed by atoms with E-state index in [9.17, 15) is 19.4 Å². The third-order valence-electron chi connectivity index (χ3n) is 6.68. The van der Waals surface area contributed by atoms with Crippen molar-refractivity contribution in [2.75, 3.05) is 26.7 Å². The van der Waals surface area contributed by atoms with E-state index in [1.54, 1.807) is 29.5 Å². The number of aromatic nitrogens is 1. The standard InChI is InChI=1S/C27H29FN2O4S/c1-34-21-5-6-24-22(14-21)27(23(28)15-29-24)25(31)7-4-19-8-11-30(16-20(19)13-26(32)33)10-2-3-18-9-12-35-17-18/h5-6,9,12,14-15,17,19-20,25,31H,4,7-8,10-11,13,16H2,1H3,(H,32,33). The van der Waals surface area contributed by atoms with Crippen LogP contribution in [0.4, 0.5) is 4.39 Å². The van der Waals surface area contributed by atoms with Crippen molar-refractivity contribution in [3.8, 4) is 17.6 Å². The second-order valence-electron chi connectivity index (χ2n) is 8.95. The molecule has 6 nitrogen and oxygen atoms in total. The Kier molecular flexibility index (Phi) is 8.34. The van der Waals surface area contributed by atoms with E-state index in [0.29, 0.717) is 42.6 Å². The number of aliphatic hydroxyl groups is 1. The number of aliphatic hydroxyl groups excluding tert-OH is 1. The van der Waals surface area contributed by atoms with Gasteiger partial charge in [-0.2, -0.15) is 11.3 Å². The minimum absolute atomic E-state index is 0.0458. The minimum atomic E-state index is -1.02. The molecule has 2 N–H and O–H groups in total. The van der Waals surface area contributed by atoms with Gasteiger partial charge in [-0.3, -0.25) is 14.7 Å². The number of carbonyl (C=O) groups is 1. The summed E-state index contributed by atoms with van der Waals surface area (Å²) >= 11 is 1.61. The summed E-state index contributed by atoms with van der Waals surface area (Å²) in [5.74, 6) is 5.60. The molecule has 8 heteroatoms. The summed E-state index contributed by atoms with van der Waals surface area (Å²) < 4.78 is 20.0. The lowest BCUT2D eigenvalue weighted by Gasteiger charge is -2.37. The molecule has 3 aromatic rings. The average Bonchev–Trinajstić information content (AvgIpc) is 3.36. The van der Waals surface area contributed by atoms with Gasteiger partial charge < -0.3 is 14.9 Å². The minimum Gasteiger partial charge on any atom is -0.497 e. The lowest BCUT2D eigenvalue weighted by molar-refractivity contribution is -0.139. The molecular formula is C27H29FN2O4S. The van der Waals surface area contributed by atoms with Crippen molar-refractivity contribution < 1.29 is 24.1 Å². The fraction of sp³-hybridized carbons (Fsp3) is 0.407. The second-order valence-corrected chi connectivity index (χ2v) is 9.73. The number of pyridine rings is 1. The van der Waals surface area contributed by atoms with Crippen LogP contribution in [0.2, 0.25) is 0 Å². The van der Waals surface area contributed by atoms with Gasteiger partial charge in [0.2, 0.25) is 0 Å². The number of methoxy groups -OCH3 is 1. The summed E-state index contributed by atoms with van der Waals surface area (Å²) in [7, 11) is 1.53. The molecule has 3 heterocycles. The lowest BCUT2D eigenvalue weighted by Crippen LogP contribution is -2.41. The monoisotopic (exact) mass is 496 g/mol. The van der Waals surface area contributed by atoms with Gasteiger partial charge in [0.25, 0.3) is 0 Å². The summed E-state index contributed by atoms with van der Waals surface area (Å²) in [6.07, 6.45) is 1.95. The van der Waals surface area contributed by atoms with Crippen LogP contribution >= 0.6 is 11.3 Å². The number of carboxylic acids is 1. The van der Waals surface area contributed by atoms with E-state index in [2.05, 4.69) is 21.7 Å². The summed E-state index contributed by atoms with van der Waals surface area (Å²) in [5, 5.41) is 25.0. The van der Waals surface area contributed by atoms with Crippen LogP contribution in [0.1, 0.15) is 42.9 Å².